The third-order valence-electron chi connectivity index (χ3n) is 6.54. The largest absolute Gasteiger partial charge is 0.380 e. The lowest BCUT2D eigenvalue weighted by molar-refractivity contribution is -0.188. The summed E-state index contributed by atoms with van der Waals surface area (Å²) in [5, 5.41) is 8.46. The van der Waals surface area contributed by atoms with Crippen LogP contribution in [0.2, 0.25) is 5.02 Å². The van der Waals surface area contributed by atoms with Crippen molar-refractivity contribution in [2.45, 2.75) is 32.7 Å². The lowest BCUT2D eigenvalue weighted by atomic mass is 9.78. The number of nitrogens with zero attached hydrogens (tertiary/aromatic N) is 3. The first-order chi connectivity index (χ1) is 16.4. The van der Waals surface area contributed by atoms with Crippen LogP contribution in [0.1, 0.15) is 25.0 Å². The molecular formula is C27H31ClN4O2. The van der Waals surface area contributed by atoms with Crippen LogP contribution in [-0.4, -0.2) is 59.5 Å². The molecule has 34 heavy (non-hydrogen) atoms. The van der Waals surface area contributed by atoms with Gasteiger partial charge in [0.05, 0.1) is 31.0 Å². The quantitative estimate of drug-likeness (QED) is 0.528. The van der Waals surface area contributed by atoms with Gasteiger partial charge < -0.3 is 15.0 Å². The highest BCUT2D eigenvalue weighted by molar-refractivity contribution is 6.30. The summed E-state index contributed by atoms with van der Waals surface area (Å²) in [7, 11) is 0. The van der Waals surface area contributed by atoms with Gasteiger partial charge >= 0.3 is 0 Å². The standard InChI is InChI=1S/C27H31ClN4O2/c1-19(2)29-25(33)13-22-14-32(30-26(22)21-4-3-5-23(28)12-21)24-8-6-20(7-9-24)10-11-31-15-27(16-31)17-34-18-27/h3-9,12,14,19H,10-11,13,15-18H2,1-2H3,(H,29,33). The molecule has 0 radical (unpaired) electrons. The fourth-order valence-electron chi connectivity index (χ4n) is 4.83. The molecule has 1 aromatic heterocycles. The molecule has 2 saturated heterocycles. The Kier molecular flexibility index (Phi) is 6.47. The molecule has 0 bridgehead atoms. The van der Waals surface area contributed by atoms with Gasteiger partial charge in [-0.1, -0.05) is 35.9 Å². The number of carbonyl (C=O) groups excluding carboxylic acids is 1. The van der Waals surface area contributed by atoms with E-state index in [1.54, 1.807) is 0 Å². The predicted molar refractivity (Wildman–Crippen MR) is 134 cm³/mol. The number of halogens is 1. The Balaban J connectivity index is 1.31. The summed E-state index contributed by atoms with van der Waals surface area (Å²) in [6.45, 7) is 9.19. The van der Waals surface area contributed by atoms with E-state index in [0.29, 0.717) is 10.4 Å². The Labute approximate surface area is 205 Å². The highest BCUT2D eigenvalue weighted by Crippen LogP contribution is 2.37. The number of ether oxygens (including phenoxy) is 1. The molecule has 5 rings (SSSR count). The van der Waals surface area contributed by atoms with E-state index in [0.717, 1.165) is 61.8 Å². The average molecular weight is 479 g/mol. The smallest absolute Gasteiger partial charge is 0.224 e. The summed E-state index contributed by atoms with van der Waals surface area (Å²) in [6, 6.07) is 16.2. The predicted octanol–water partition coefficient (Wildman–Crippen LogP) is 4.13. The Morgan fingerprint density at radius 2 is 1.94 bits per heavy atom. The van der Waals surface area contributed by atoms with Crippen LogP contribution >= 0.6 is 11.6 Å². The van der Waals surface area contributed by atoms with Crippen molar-refractivity contribution >= 4 is 17.5 Å². The van der Waals surface area contributed by atoms with Crippen molar-refractivity contribution in [2.24, 2.45) is 5.41 Å². The van der Waals surface area contributed by atoms with E-state index in [1.807, 2.05) is 49.0 Å². The Bertz CT molecular complexity index is 1160. The van der Waals surface area contributed by atoms with E-state index >= 15 is 0 Å². The number of rotatable bonds is 8. The van der Waals surface area contributed by atoms with Crippen molar-refractivity contribution in [1.82, 2.24) is 20.0 Å². The Morgan fingerprint density at radius 1 is 1.18 bits per heavy atom. The summed E-state index contributed by atoms with van der Waals surface area (Å²) in [5.41, 5.74) is 5.30. The van der Waals surface area contributed by atoms with E-state index in [4.69, 9.17) is 21.4 Å². The molecule has 2 aromatic carbocycles. The van der Waals surface area contributed by atoms with Gasteiger partial charge in [-0.2, -0.15) is 5.10 Å². The lowest BCUT2D eigenvalue weighted by Crippen LogP contribution is -2.66. The Hall–Kier alpha value is -2.67. The highest BCUT2D eigenvalue weighted by atomic mass is 35.5. The molecule has 0 saturated carbocycles. The van der Waals surface area contributed by atoms with Crippen molar-refractivity contribution < 1.29 is 9.53 Å². The number of aromatic nitrogens is 2. The first kappa shape index (κ1) is 23.1. The van der Waals surface area contributed by atoms with Gasteiger partial charge in [-0.3, -0.25) is 4.79 Å². The van der Waals surface area contributed by atoms with Gasteiger partial charge in [0.1, 0.15) is 0 Å². The average Bonchev–Trinajstić information content (AvgIpc) is 3.15. The minimum atomic E-state index is -0.0191. The van der Waals surface area contributed by atoms with Gasteiger partial charge in [0.2, 0.25) is 5.91 Å². The van der Waals surface area contributed by atoms with Crippen LogP contribution in [0.5, 0.6) is 0 Å². The summed E-state index contributed by atoms with van der Waals surface area (Å²) >= 11 is 6.23. The first-order valence-electron chi connectivity index (χ1n) is 11.9. The van der Waals surface area contributed by atoms with E-state index in [1.165, 1.54) is 5.56 Å². The number of benzene rings is 2. The maximum atomic E-state index is 12.5. The van der Waals surface area contributed by atoms with E-state index in [2.05, 4.69) is 34.5 Å². The highest BCUT2D eigenvalue weighted by Gasteiger charge is 2.48. The van der Waals surface area contributed by atoms with Gasteiger partial charge in [-0.25, -0.2) is 4.68 Å². The summed E-state index contributed by atoms with van der Waals surface area (Å²) in [5.74, 6) is -0.0191. The molecule has 0 unspecified atom stereocenters. The van der Waals surface area contributed by atoms with Crippen LogP contribution in [0.4, 0.5) is 0 Å². The van der Waals surface area contributed by atoms with Crippen LogP contribution in [0.3, 0.4) is 0 Å². The molecule has 3 heterocycles. The molecule has 2 aliphatic heterocycles. The van der Waals surface area contributed by atoms with Gasteiger partial charge in [0, 0.05) is 53.4 Å². The summed E-state index contributed by atoms with van der Waals surface area (Å²) in [4.78, 5) is 15.0. The first-order valence-corrected chi connectivity index (χ1v) is 12.3. The van der Waals surface area contributed by atoms with E-state index in [-0.39, 0.29) is 18.4 Å². The van der Waals surface area contributed by atoms with Gasteiger partial charge in [0.15, 0.2) is 0 Å². The molecule has 3 aromatic rings. The molecule has 1 spiro atoms. The minimum absolute atomic E-state index is 0.0191. The van der Waals surface area contributed by atoms with Gasteiger partial charge in [-0.15, -0.1) is 0 Å². The fraction of sp³-hybridized carbons (Fsp3) is 0.407. The normalized spacial score (nSPS) is 16.9. The monoisotopic (exact) mass is 478 g/mol. The fourth-order valence-corrected chi connectivity index (χ4v) is 5.02. The van der Waals surface area contributed by atoms with Crippen molar-refractivity contribution in [3.63, 3.8) is 0 Å². The van der Waals surface area contributed by atoms with Gasteiger partial charge in [0.25, 0.3) is 0 Å². The SMILES string of the molecule is CC(C)NC(=O)Cc1cn(-c2ccc(CCN3CC4(COC4)C3)cc2)nc1-c1cccc(Cl)c1. The van der Waals surface area contributed by atoms with Crippen LogP contribution < -0.4 is 5.32 Å². The molecule has 6 nitrogen and oxygen atoms in total. The van der Waals surface area contributed by atoms with Crippen molar-refractivity contribution in [2.75, 3.05) is 32.8 Å². The molecule has 0 atom stereocenters. The Morgan fingerprint density at radius 3 is 2.59 bits per heavy atom. The van der Waals surface area contributed by atoms with Crippen LogP contribution in [0.25, 0.3) is 16.9 Å². The lowest BCUT2D eigenvalue weighted by Gasteiger charge is -2.55. The van der Waals surface area contributed by atoms with Crippen LogP contribution in [0.15, 0.2) is 54.7 Å². The molecule has 2 aliphatic rings. The maximum Gasteiger partial charge on any atom is 0.224 e. The number of hydrogen-bond acceptors (Lipinski definition) is 4. The number of carbonyl (C=O) groups is 1. The third kappa shape index (κ3) is 5.04. The molecule has 1 N–H and O–H groups in total. The van der Waals surface area contributed by atoms with Crippen LogP contribution in [0, 0.1) is 5.41 Å². The molecule has 1 amide bonds. The number of hydrogen-bond donors (Lipinski definition) is 1. The zero-order valence-electron chi connectivity index (χ0n) is 19.8. The van der Waals surface area contributed by atoms with Crippen LogP contribution in [-0.2, 0) is 22.4 Å². The number of likely N-dealkylation sites (tertiary alicyclic amines) is 1. The van der Waals surface area contributed by atoms with E-state index in [9.17, 15) is 4.79 Å². The molecular weight excluding hydrogens is 448 g/mol. The second-order valence-electron chi connectivity index (χ2n) is 9.98. The van der Waals surface area contributed by atoms with Crippen molar-refractivity contribution in [3.8, 4) is 16.9 Å². The zero-order chi connectivity index (χ0) is 23.7. The van der Waals surface area contributed by atoms with Gasteiger partial charge in [-0.05, 0) is 50.1 Å². The van der Waals surface area contributed by atoms with Crippen molar-refractivity contribution in [1.29, 1.82) is 0 Å². The van der Waals surface area contributed by atoms with E-state index < -0.39 is 0 Å². The molecule has 7 heteroatoms. The second-order valence-corrected chi connectivity index (χ2v) is 10.4. The third-order valence-corrected chi connectivity index (χ3v) is 6.78. The molecule has 2 fully saturated rings. The minimum Gasteiger partial charge on any atom is -0.380 e. The zero-order valence-corrected chi connectivity index (χ0v) is 20.5. The summed E-state index contributed by atoms with van der Waals surface area (Å²) < 4.78 is 7.22. The topological polar surface area (TPSA) is 59.4 Å². The molecule has 178 valence electrons. The second kappa shape index (κ2) is 9.53. The number of amides is 1. The molecule has 0 aliphatic carbocycles. The number of nitrogens with one attached hydrogen (secondary N) is 1. The summed E-state index contributed by atoms with van der Waals surface area (Å²) in [6.07, 6.45) is 3.25. The maximum absolute atomic E-state index is 12.5. The van der Waals surface area contributed by atoms with Crippen molar-refractivity contribution in [3.05, 3.63) is 70.9 Å².